The van der Waals surface area contributed by atoms with E-state index in [0.717, 1.165) is 25.4 Å². The molecular weight excluding hydrogens is 362 g/mol. The lowest BCUT2D eigenvalue weighted by atomic mass is 10.3. The number of thiophene rings is 1. The fourth-order valence-corrected chi connectivity index (χ4v) is 4.01. The van der Waals surface area contributed by atoms with Crippen molar-refractivity contribution in [1.29, 1.82) is 0 Å². The van der Waals surface area contributed by atoms with E-state index in [1.807, 2.05) is 18.4 Å². The lowest BCUT2D eigenvalue weighted by Crippen LogP contribution is -2.34. The average Bonchev–Trinajstić information content (AvgIpc) is 2.94. The Balaban J connectivity index is 2.20. The summed E-state index contributed by atoms with van der Waals surface area (Å²) in [6, 6.07) is 4.39. The predicted octanol–water partition coefficient (Wildman–Crippen LogP) is 1.13. The van der Waals surface area contributed by atoms with E-state index < -0.39 is 15.6 Å². The van der Waals surface area contributed by atoms with Gasteiger partial charge < -0.3 is 9.47 Å². The summed E-state index contributed by atoms with van der Waals surface area (Å²) >= 11 is 1.57. The Morgan fingerprint density at radius 3 is 2.44 bits per heavy atom. The molecule has 0 N–H and O–H groups in total. The van der Waals surface area contributed by atoms with Crippen LogP contribution in [0.5, 0.6) is 0 Å². The fraction of sp³-hybridized carbons (Fsp3) is 0.375. The van der Waals surface area contributed by atoms with Crippen LogP contribution in [-0.2, 0) is 27.9 Å². The molecule has 0 radical (unpaired) electrons. The molecule has 0 aliphatic carbocycles. The molecule has 2 aromatic rings. The molecule has 0 aliphatic rings. The SMILES string of the molecule is Cc1ccsc1CN(C)C(=O)Cn1cc(S(=O)(=O)N(C)C)ccc1=O. The summed E-state index contributed by atoms with van der Waals surface area (Å²) in [5, 5.41) is 1.96. The molecule has 0 aliphatic heterocycles. The lowest BCUT2D eigenvalue weighted by molar-refractivity contribution is -0.131. The van der Waals surface area contributed by atoms with Gasteiger partial charge in [-0.3, -0.25) is 9.59 Å². The van der Waals surface area contributed by atoms with Crippen molar-refractivity contribution in [2.24, 2.45) is 0 Å². The summed E-state index contributed by atoms with van der Waals surface area (Å²) < 4.78 is 26.5. The van der Waals surface area contributed by atoms with Gasteiger partial charge in [0.1, 0.15) is 6.54 Å². The van der Waals surface area contributed by atoms with Crippen molar-refractivity contribution >= 4 is 27.3 Å². The van der Waals surface area contributed by atoms with Gasteiger partial charge in [0, 0.05) is 38.3 Å². The molecule has 0 saturated carbocycles. The second kappa shape index (κ2) is 7.51. The van der Waals surface area contributed by atoms with E-state index in [1.54, 1.807) is 18.4 Å². The summed E-state index contributed by atoms with van der Waals surface area (Å²) in [7, 11) is 0.811. The third kappa shape index (κ3) is 4.36. The second-order valence-corrected chi connectivity index (χ2v) is 9.05. The molecule has 0 bridgehead atoms. The van der Waals surface area contributed by atoms with Crippen LogP contribution in [0.3, 0.4) is 0 Å². The first-order valence-electron chi connectivity index (χ1n) is 7.53. The highest BCUT2D eigenvalue weighted by Gasteiger charge is 2.19. The van der Waals surface area contributed by atoms with E-state index in [9.17, 15) is 18.0 Å². The third-order valence-corrected chi connectivity index (χ3v) is 6.62. The summed E-state index contributed by atoms with van der Waals surface area (Å²) in [5.74, 6) is -0.269. The smallest absolute Gasteiger partial charge is 0.251 e. The van der Waals surface area contributed by atoms with Gasteiger partial charge in [0.05, 0.1) is 11.4 Å². The summed E-state index contributed by atoms with van der Waals surface area (Å²) in [6.07, 6.45) is 1.21. The molecule has 9 heteroatoms. The van der Waals surface area contributed by atoms with Crippen molar-refractivity contribution in [3.8, 4) is 0 Å². The molecular formula is C16H21N3O4S2. The molecule has 0 atom stereocenters. The highest BCUT2D eigenvalue weighted by molar-refractivity contribution is 7.89. The number of pyridine rings is 1. The minimum absolute atomic E-state index is 0.0262. The Hall–Kier alpha value is -1.97. The molecule has 0 spiro atoms. The quantitative estimate of drug-likeness (QED) is 0.749. The van der Waals surface area contributed by atoms with E-state index in [2.05, 4.69) is 0 Å². The van der Waals surface area contributed by atoms with E-state index >= 15 is 0 Å². The predicted molar refractivity (Wildman–Crippen MR) is 97.1 cm³/mol. The van der Waals surface area contributed by atoms with Crippen molar-refractivity contribution in [2.75, 3.05) is 21.1 Å². The fourth-order valence-electron chi connectivity index (χ4n) is 2.13. The molecule has 0 unspecified atom stereocenters. The monoisotopic (exact) mass is 383 g/mol. The van der Waals surface area contributed by atoms with E-state index in [-0.39, 0.29) is 17.3 Å². The van der Waals surface area contributed by atoms with Crippen LogP contribution in [0.1, 0.15) is 10.4 Å². The van der Waals surface area contributed by atoms with E-state index in [4.69, 9.17) is 0 Å². The molecule has 1 amide bonds. The van der Waals surface area contributed by atoms with Crippen molar-refractivity contribution in [1.82, 2.24) is 13.8 Å². The number of carbonyl (C=O) groups is 1. The number of carbonyl (C=O) groups excluding carboxylic acids is 1. The van der Waals surface area contributed by atoms with Gasteiger partial charge in [-0.15, -0.1) is 11.3 Å². The van der Waals surface area contributed by atoms with Crippen LogP contribution in [0.15, 0.2) is 39.5 Å². The Bertz CT molecular complexity index is 929. The maximum Gasteiger partial charge on any atom is 0.251 e. The molecule has 0 fully saturated rings. The lowest BCUT2D eigenvalue weighted by Gasteiger charge is -2.18. The van der Waals surface area contributed by atoms with Gasteiger partial charge in [-0.05, 0) is 30.0 Å². The highest BCUT2D eigenvalue weighted by atomic mass is 32.2. The Morgan fingerprint density at radius 2 is 1.88 bits per heavy atom. The first kappa shape index (κ1) is 19.4. The first-order chi connectivity index (χ1) is 11.6. The van der Waals surface area contributed by atoms with Crippen molar-refractivity contribution in [3.63, 3.8) is 0 Å². The second-order valence-electron chi connectivity index (χ2n) is 5.89. The Labute approximate surface area is 151 Å². The third-order valence-electron chi connectivity index (χ3n) is 3.82. The molecule has 25 heavy (non-hydrogen) atoms. The summed E-state index contributed by atoms with van der Waals surface area (Å²) in [5.41, 5.74) is 0.688. The average molecular weight is 383 g/mol. The molecule has 0 aromatic carbocycles. The number of amides is 1. The van der Waals surface area contributed by atoms with Gasteiger partial charge in [-0.2, -0.15) is 0 Å². The van der Waals surface area contributed by atoms with Gasteiger partial charge in [0.2, 0.25) is 15.9 Å². The molecule has 2 rings (SSSR count). The Kier molecular flexibility index (Phi) is 5.81. The Morgan fingerprint density at radius 1 is 1.20 bits per heavy atom. The molecule has 136 valence electrons. The highest BCUT2D eigenvalue weighted by Crippen LogP contribution is 2.17. The minimum atomic E-state index is -3.67. The number of hydrogen-bond donors (Lipinski definition) is 0. The number of hydrogen-bond acceptors (Lipinski definition) is 5. The van der Waals surface area contributed by atoms with Gasteiger partial charge >= 0.3 is 0 Å². The number of nitrogens with zero attached hydrogens (tertiary/aromatic N) is 3. The van der Waals surface area contributed by atoms with Crippen molar-refractivity contribution in [2.45, 2.75) is 24.9 Å². The standard InChI is InChI=1S/C16H21N3O4S2/c1-12-7-8-24-14(12)10-18(4)16(21)11-19-9-13(5-6-15(19)20)25(22,23)17(2)3/h5-9H,10-11H2,1-4H3. The number of rotatable bonds is 6. The van der Waals surface area contributed by atoms with Crippen LogP contribution in [0, 0.1) is 6.92 Å². The summed E-state index contributed by atoms with van der Waals surface area (Å²) in [6.45, 7) is 2.22. The number of likely N-dealkylation sites (N-methyl/N-ethyl adjacent to an activating group) is 1. The zero-order valence-corrected chi connectivity index (χ0v) is 16.2. The largest absolute Gasteiger partial charge is 0.339 e. The topological polar surface area (TPSA) is 79.7 Å². The number of aromatic nitrogens is 1. The van der Waals surface area contributed by atoms with Gasteiger partial charge in [-0.1, -0.05) is 0 Å². The summed E-state index contributed by atoms with van der Waals surface area (Å²) in [4.78, 5) is 27.0. The molecule has 2 heterocycles. The van der Waals surface area contributed by atoms with Gasteiger partial charge in [-0.25, -0.2) is 12.7 Å². The molecule has 7 nitrogen and oxygen atoms in total. The van der Waals surface area contributed by atoms with E-state index in [1.165, 1.54) is 31.3 Å². The van der Waals surface area contributed by atoms with Crippen molar-refractivity contribution < 1.29 is 13.2 Å². The van der Waals surface area contributed by atoms with Crippen LogP contribution in [0.2, 0.25) is 0 Å². The first-order valence-corrected chi connectivity index (χ1v) is 9.85. The van der Waals surface area contributed by atoms with E-state index in [0.29, 0.717) is 6.54 Å². The molecule has 2 aromatic heterocycles. The van der Waals surface area contributed by atoms with Crippen LogP contribution >= 0.6 is 11.3 Å². The van der Waals surface area contributed by atoms with Crippen LogP contribution in [-0.4, -0.2) is 49.2 Å². The van der Waals surface area contributed by atoms with Crippen LogP contribution < -0.4 is 5.56 Å². The number of sulfonamides is 1. The maximum atomic E-state index is 12.4. The zero-order chi connectivity index (χ0) is 18.8. The normalized spacial score (nSPS) is 11.7. The maximum absolute atomic E-state index is 12.4. The van der Waals surface area contributed by atoms with Gasteiger partial charge in [0.25, 0.3) is 5.56 Å². The minimum Gasteiger partial charge on any atom is -0.339 e. The van der Waals surface area contributed by atoms with Crippen LogP contribution in [0.4, 0.5) is 0 Å². The zero-order valence-electron chi connectivity index (χ0n) is 14.6. The van der Waals surface area contributed by atoms with Gasteiger partial charge in [0.15, 0.2) is 0 Å². The number of aryl methyl sites for hydroxylation is 1. The van der Waals surface area contributed by atoms with Crippen LogP contribution in [0.25, 0.3) is 0 Å². The van der Waals surface area contributed by atoms with Crippen molar-refractivity contribution in [3.05, 3.63) is 50.6 Å². The molecule has 0 saturated heterocycles.